The molecule has 72 heavy (non-hydrogen) atoms. The highest BCUT2D eigenvalue weighted by Gasteiger charge is 2.38. The van der Waals surface area contributed by atoms with E-state index in [1.165, 1.54) is 45.2 Å². The third-order valence-corrected chi connectivity index (χ3v) is 12.1. The number of carbonyl (C=O) groups is 5. The first-order valence-electron chi connectivity index (χ1n) is 22.6. The number of carbonyl (C=O) groups excluding carboxylic acids is 4. The number of aliphatic hydroxyl groups is 2. The summed E-state index contributed by atoms with van der Waals surface area (Å²) in [5.41, 5.74) is 19.7. The molecular formula is C47H63N11O13S. The first kappa shape index (κ1) is 55.9. The highest BCUT2D eigenvalue weighted by atomic mass is 32.2. The van der Waals surface area contributed by atoms with Crippen molar-refractivity contribution in [1.29, 1.82) is 0 Å². The summed E-state index contributed by atoms with van der Waals surface area (Å²) in [6.07, 6.45) is -2.59. The number of likely N-dealkylation sites (N-methyl/N-ethyl adjacent to an activating group) is 1. The van der Waals surface area contributed by atoms with E-state index in [2.05, 4.69) is 46.7 Å². The predicted molar refractivity (Wildman–Crippen MR) is 264 cm³/mol. The zero-order chi connectivity index (χ0) is 53.4. The molecule has 25 heteroatoms. The maximum Gasteiger partial charge on any atom is 0.326 e. The normalized spacial score (nSPS) is 17.5. The number of aryl methyl sites for hydroxylation is 1. The molecule has 1 aliphatic heterocycles. The molecule has 0 saturated carbocycles. The summed E-state index contributed by atoms with van der Waals surface area (Å²) in [5.74, 6) is -5.59. The number of hydrogen-bond donors (Lipinski definition) is 11. The van der Waals surface area contributed by atoms with Gasteiger partial charge in [-0.1, -0.05) is 51.1 Å². The lowest BCUT2D eigenvalue weighted by molar-refractivity contribution is -0.143. The maximum absolute atomic E-state index is 14.9. The van der Waals surface area contributed by atoms with Gasteiger partial charge in [-0.05, 0) is 60.2 Å². The number of carboxylic acids is 1. The minimum absolute atomic E-state index is 0.00774. The van der Waals surface area contributed by atoms with E-state index in [0.29, 0.717) is 11.1 Å². The number of nitrogens with zero attached hydrogens (tertiary/aromatic N) is 3. The van der Waals surface area contributed by atoms with Crippen LogP contribution in [-0.4, -0.2) is 146 Å². The number of nitrogens with one attached hydrogen (secondary N) is 4. The second-order valence-corrected chi connectivity index (χ2v) is 19.5. The van der Waals surface area contributed by atoms with Crippen molar-refractivity contribution in [1.82, 2.24) is 35.5 Å². The summed E-state index contributed by atoms with van der Waals surface area (Å²) in [5, 5.41) is 43.8. The van der Waals surface area contributed by atoms with Gasteiger partial charge in [-0.2, -0.15) is 13.1 Å². The van der Waals surface area contributed by atoms with Crippen LogP contribution in [0.5, 0.6) is 17.2 Å². The Morgan fingerprint density at radius 2 is 1.54 bits per heavy atom. The highest BCUT2D eigenvalue weighted by molar-refractivity contribution is 7.87. The Balaban J connectivity index is 1.69. The monoisotopic (exact) mass is 1020 g/mol. The van der Waals surface area contributed by atoms with Crippen molar-refractivity contribution >= 4 is 45.6 Å². The molecule has 0 unspecified atom stereocenters. The van der Waals surface area contributed by atoms with Crippen LogP contribution in [0.3, 0.4) is 0 Å². The summed E-state index contributed by atoms with van der Waals surface area (Å²) in [6.45, 7) is 6.96. The Hall–Kier alpha value is -7.00. The van der Waals surface area contributed by atoms with E-state index in [1.807, 2.05) is 29.0 Å². The minimum atomic E-state index is -4.53. The Bertz CT molecular complexity index is 2750. The quantitative estimate of drug-likeness (QED) is 0.0577. The van der Waals surface area contributed by atoms with Gasteiger partial charge in [0.1, 0.15) is 66.7 Å². The number of nitrogen functional groups attached to an aromatic ring is 1. The van der Waals surface area contributed by atoms with Gasteiger partial charge in [0.15, 0.2) is 17.3 Å². The van der Waals surface area contributed by atoms with Crippen molar-refractivity contribution in [3.8, 4) is 39.8 Å². The zero-order valence-electron chi connectivity index (χ0n) is 40.9. The number of nitrogens with two attached hydrogens (primary N) is 4. The van der Waals surface area contributed by atoms with Crippen LogP contribution in [-0.2, 0) is 41.2 Å². The van der Waals surface area contributed by atoms with E-state index in [1.54, 1.807) is 6.07 Å². The van der Waals surface area contributed by atoms with Crippen LogP contribution in [0.4, 0.5) is 5.82 Å². The molecule has 5 rings (SSSR count). The molecule has 0 fully saturated rings. The van der Waals surface area contributed by atoms with Crippen LogP contribution >= 0.6 is 0 Å². The third-order valence-electron chi connectivity index (χ3n) is 11.6. The second-order valence-electron chi connectivity index (χ2n) is 18.2. The summed E-state index contributed by atoms with van der Waals surface area (Å²) in [7, 11) is -2.08. The van der Waals surface area contributed by atoms with Gasteiger partial charge in [-0.3, -0.25) is 19.2 Å². The smallest absolute Gasteiger partial charge is 0.326 e. The Labute approximate surface area is 416 Å². The number of aromatic nitrogens is 2. The van der Waals surface area contributed by atoms with Crippen molar-refractivity contribution in [2.45, 2.75) is 82.8 Å². The molecule has 4 aromatic rings. The lowest BCUT2D eigenvalue weighted by Gasteiger charge is -2.33. The van der Waals surface area contributed by atoms with Crippen molar-refractivity contribution in [3.05, 3.63) is 82.5 Å². The standard InChI is InChI=1S/C47H63N11O13S/c1-23-37(40(50)57-41(53-23)26-9-11-28(12-10-26)47(3,4)5)43(62)56-34(20-52-72(51,67)68)45(64)58(6)38-27-16-32(39(69-7)36(17-27)71-22-30(60)19-49)31-14-25(8-13-35(31)70-21-29(59)18-48)15-33(46(65)66)55-42(61)24(2)54-44(38)63/h8-14,16-17,24,29-30,33-34,38,52,59-60H,15,18-22,48-49H2,1-7H3,(H,54,63)(H,55,61)(H,56,62)(H,65,66)(H2,50,53,57)(H2,51,67,68)/t24-,29+,30+,33-,34-,38-/m0/s1. The number of anilines is 1. The lowest BCUT2D eigenvalue weighted by Crippen LogP contribution is -2.57. The van der Waals surface area contributed by atoms with E-state index < -0.39 is 89.3 Å². The molecule has 390 valence electrons. The number of methoxy groups -OCH3 is 1. The van der Waals surface area contributed by atoms with E-state index in [9.17, 15) is 47.7 Å². The van der Waals surface area contributed by atoms with Gasteiger partial charge >= 0.3 is 5.97 Å². The summed E-state index contributed by atoms with van der Waals surface area (Å²) in [4.78, 5) is 79.8. The van der Waals surface area contributed by atoms with Gasteiger partial charge < -0.3 is 67.6 Å². The van der Waals surface area contributed by atoms with Crippen LogP contribution in [0.25, 0.3) is 22.5 Å². The van der Waals surface area contributed by atoms with Gasteiger partial charge in [0, 0.05) is 49.8 Å². The Morgan fingerprint density at radius 1 is 0.917 bits per heavy atom. The molecule has 15 N–H and O–H groups in total. The van der Waals surface area contributed by atoms with Crippen LogP contribution in [0.15, 0.2) is 54.6 Å². The van der Waals surface area contributed by atoms with E-state index >= 15 is 0 Å². The zero-order valence-corrected chi connectivity index (χ0v) is 41.7. The fourth-order valence-corrected chi connectivity index (χ4v) is 8.02. The van der Waals surface area contributed by atoms with Crippen molar-refractivity contribution < 1.29 is 61.9 Å². The highest BCUT2D eigenvalue weighted by Crippen LogP contribution is 2.45. The average Bonchev–Trinajstić information content (AvgIpc) is 3.32. The number of rotatable bonds is 18. The molecule has 1 aliphatic rings. The number of fused-ring (bicyclic) bond motifs is 5. The molecule has 6 atom stereocenters. The fraction of sp³-hybridized carbons (Fsp3) is 0.426. The molecule has 4 bridgehead atoms. The number of hydrogen-bond acceptors (Lipinski definition) is 17. The number of ether oxygens (including phenoxy) is 3. The number of benzene rings is 3. The van der Waals surface area contributed by atoms with E-state index in [-0.39, 0.29) is 88.4 Å². The number of aliphatic carboxylic acids is 1. The molecule has 1 aromatic heterocycles. The molecule has 24 nitrogen and oxygen atoms in total. The largest absolute Gasteiger partial charge is 0.492 e. The van der Waals surface area contributed by atoms with Crippen molar-refractivity contribution in [2.24, 2.45) is 16.6 Å². The van der Waals surface area contributed by atoms with Gasteiger partial charge in [-0.15, -0.1) is 0 Å². The number of aliphatic hydroxyl groups excluding tert-OH is 2. The summed E-state index contributed by atoms with van der Waals surface area (Å²) < 4.78 is 44.6. The summed E-state index contributed by atoms with van der Waals surface area (Å²) >= 11 is 0. The predicted octanol–water partition coefficient (Wildman–Crippen LogP) is -0.874. The van der Waals surface area contributed by atoms with Crippen LogP contribution in [0, 0.1) is 6.92 Å². The summed E-state index contributed by atoms with van der Waals surface area (Å²) in [6, 6.07) is 8.11. The van der Waals surface area contributed by atoms with Crippen LogP contribution in [0.1, 0.15) is 66.5 Å². The van der Waals surface area contributed by atoms with Crippen molar-refractivity contribution in [3.63, 3.8) is 0 Å². The van der Waals surface area contributed by atoms with Crippen LogP contribution in [0.2, 0.25) is 0 Å². The van der Waals surface area contributed by atoms with Gasteiger partial charge in [-0.25, -0.2) is 19.9 Å². The molecular weight excluding hydrogens is 959 g/mol. The van der Waals surface area contributed by atoms with Gasteiger partial charge in [0.05, 0.1) is 12.8 Å². The molecule has 2 heterocycles. The minimum Gasteiger partial charge on any atom is -0.492 e. The SMILES string of the molecule is COc1c(OC[C@H](O)CN)cc2cc1-c1cc(ccc1OC[C@H](O)CN)C[C@@H](C(=O)O)NC(=O)[C@H](C)NC(=O)[C@H]2N(C)C(=O)[C@H](CNS(N)(=O)=O)NC(=O)c1c(C)nc(-c2ccc(C(C)(C)C)cc2)nc1N. The number of amides is 4. The first-order chi connectivity index (χ1) is 33.8. The molecule has 0 spiro atoms. The van der Waals surface area contributed by atoms with Gasteiger partial charge in [0.2, 0.25) is 17.7 Å². The lowest BCUT2D eigenvalue weighted by atomic mass is 9.86. The topological polar surface area (TPSA) is 389 Å². The van der Waals surface area contributed by atoms with Gasteiger partial charge in [0.25, 0.3) is 16.1 Å². The maximum atomic E-state index is 14.9. The fourth-order valence-electron chi connectivity index (χ4n) is 7.62. The first-order valence-corrected chi connectivity index (χ1v) is 24.1. The van der Waals surface area contributed by atoms with E-state index in [4.69, 9.17) is 36.6 Å². The molecule has 0 saturated heterocycles. The molecule has 0 radical (unpaired) electrons. The molecule has 4 amide bonds. The van der Waals surface area contributed by atoms with Crippen LogP contribution < -0.4 is 57.2 Å². The number of carboxylic acid groups (broad SMARTS) is 1. The average molecular weight is 1020 g/mol. The third kappa shape index (κ3) is 13.9. The van der Waals surface area contributed by atoms with Crippen molar-refractivity contribution in [2.75, 3.05) is 52.7 Å². The molecule has 0 aliphatic carbocycles. The Kier molecular flexibility index (Phi) is 18.2. The second kappa shape index (κ2) is 23.5. The Morgan fingerprint density at radius 3 is 2.10 bits per heavy atom. The molecule has 3 aromatic carbocycles. The van der Waals surface area contributed by atoms with E-state index in [0.717, 1.165) is 17.5 Å².